The number of nitrogens with zero attached hydrogens (tertiary/aromatic N) is 2. The van der Waals surface area contributed by atoms with E-state index in [2.05, 4.69) is 4.99 Å². The minimum atomic E-state index is -0.692. The average Bonchev–Trinajstić information content (AvgIpc) is 3.30. The molecule has 8 nitrogen and oxygen atoms in total. The van der Waals surface area contributed by atoms with Gasteiger partial charge in [-0.15, -0.1) is 0 Å². The molecule has 0 spiro atoms. The molecule has 1 aliphatic heterocycles. The van der Waals surface area contributed by atoms with Crippen LogP contribution in [0.2, 0.25) is 5.02 Å². The number of fused-ring (bicyclic) bond motifs is 1. The van der Waals surface area contributed by atoms with Gasteiger partial charge in [0.1, 0.15) is 30.5 Å². The molecule has 1 atom stereocenters. The fourth-order valence-corrected chi connectivity index (χ4v) is 5.93. The summed E-state index contributed by atoms with van der Waals surface area (Å²) >= 11 is 7.35. The number of rotatable bonds is 10. The zero-order valence-corrected chi connectivity index (χ0v) is 25.8. The minimum absolute atomic E-state index is 0.209. The van der Waals surface area contributed by atoms with Crippen LogP contribution in [0.4, 0.5) is 0 Å². The predicted octanol–water partition coefficient (Wildman–Crippen LogP) is 5.23. The summed E-state index contributed by atoms with van der Waals surface area (Å²) in [4.78, 5) is 32.1. The highest BCUT2D eigenvalue weighted by Gasteiger charge is 2.33. The Morgan fingerprint density at radius 3 is 2.37 bits per heavy atom. The lowest BCUT2D eigenvalue weighted by Gasteiger charge is -2.24. The topological polar surface area (TPSA) is 88.4 Å². The van der Waals surface area contributed by atoms with Crippen LogP contribution < -0.4 is 29.1 Å². The number of benzene rings is 3. The lowest BCUT2D eigenvalue weighted by atomic mass is 9.96. The van der Waals surface area contributed by atoms with Crippen LogP contribution in [0.3, 0.4) is 0 Å². The van der Waals surface area contributed by atoms with Crippen molar-refractivity contribution < 1.29 is 23.7 Å². The van der Waals surface area contributed by atoms with Crippen LogP contribution in [0.5, 0.6) is 17.2 Å². The molecule has 43 heavy (non-hydrogen) atoms. The standard InChI is InChI=1S/C33H31ClN2O6S/c1-5-40-32(38)29-21(3)35-33-36(30(29)23-9-11-24(39-4)12-10-23)31(37)28(43-33)19-22-7-6-8-25(18-22)41-15-16-42-26-13-14-27(34)20(2)17-26/h6-14,17-19,30H,5,15-16H2,1-4H3/b28-19+. The van der Waals surface area contributed by atoms with Crippen molar-refractivity contribution in [1.29, 1.82) is 0 Å². The molecule has 3 aromatic carbocycles. The second kappa shape index (κ2) is 13.3. The fraction of sp³-hybridized carbons (Fsp3) is 0.242. The first-order valence-corrected chi connectivity index (χ1v) is 14.9. The van der Waals surface area contributed by atoms with Crippen LogP contribution in [0.15, 0.2) is 87.8 Å². The first-order chi connectivity index (χ1) is 20.8. The van der Waals surface area contributed by atoms with Gasteiger partial charge in [0.25, 0.3) is 5.56 Å². The number of halogens is 1. The number of aromatic nitrogens is 1. The monoisotopic (exact) mass is 618 g/mol. The van der Waals surface area contributed by atoms with Crippen molar-refractivity contribution in [1.82, 2.24) is 4.57 Å². The number of ether oxygens (including phenoxy) is 4. The van der Waals surface area contributed by atoms with E-state index in [0.717, 1.165) is 22.4 Å². The Hall–Kier alpha value is -4.34. The first kappa shape index (κ1) is 30.1. The third kappa shape index (κ3) is 6.68. The number of hydrogen-bond donors (Lipinski definition) is 0. The number of hydrogen-bond acceptors (Lipinski definition) is 8. The summed E-state index contributed by atoms with van der Waals surface area (Å²) in [6, 6.07) is 19.6. The number of carbonyl (C=O) groups is 1. The number of aryl methyl sites for hydroxylation is 1. The molecule has 5 rings (SSSR count). The molecule has 0 saturated carbocycles. The highest BCUT2D eigenvalue weighted by molar-refractivity contribution is 7.07. The zero-order chi connectivity index (χ0) is 30.5. The Kier molecular flexibility index (Phi) is 9.33. The highest BCUT2D eigenvalue weighted by atomic mass is 35.5. The zero-order valence-electron chi connectivity index (χ0n) is 24.3. The van der Waals surface area contributed by atoms with Crippen LogP contribution >= 0.6 is 22.9 Å². The number of esters is 1. The van der Waals surface area contributed by atoms with Crippen LogP contribution in [-0.2, 0) is 9.53 Å². The summed E-state index contributed by atoms with van der Waals surface area (Å²) in [7, 11) is 1.59. The summed E-state index contributed by atoms with van der Waals surface area (Å²) < 4.78 is 24.4. The van der Waals surface area contributed by atoms with Gasteiger partial charge in [0.15, 0.2) is 4.80 Å². The van der Waals surface area contributed by atoms with E-state index in [-0.39, 0.29) is 12.2 Å². The maximum atomic E-state index is 13.9. The van der Waals surface area contributed by atoms with E-state index >= 15 is 0 Å². The van der Waals surface area contributed by atoms with Crippen molar-refractivity contribution >= 4 is 35.0 Å². The van der Waals surface area contributed by atoms with Crippen molar-refractivity contribution in [2.24, 2.45) is 4.99 Å². The number of thiazole rings is 1. The average molecular weight is 619 g/mol. The second-order valence-corrected chi connectivity index (χ2v) is 11.2. The van der Waals surface area contributed by atoms with E-state index in [4.69, 9.17) is 30.5 Å². The van der Waals surface area contributed by atoms with Gasteiger partial charge < -0.3 is 18.9 Å². The van der Waals surface area contributed by atoms with E-state index in [1.807, 2.05) is 55.5 Å². The van der Waals surface area contributed by atoms with E-state index in [0.29, 0.717) is 50.3 Å². The van der Waals surface area contributed by atoms with Gasteiger partial charge in [-0.1, -0.05) is 47.2 Å². The Bertz CT molecular complexity index is 1860. The van der Waals surface area contributed by atoms with Crippen LogP contribution in [0.25, 0.3) is 6.08 Å². The van der Waals surface area contributed by atoms with Gasteiger partial charge in [-0.3, -0.25) is 9.36 Å². The van der Waals surface area contributed by atoms with Crippen molar-refractivity contribution in [2.75, 3.05) is 26.9 Å². The summed E-state index contributed by atoms with van der Waals surface area (Å²) in [5.74, 6) is 1.54. The van der Waals surface area contributed by atoms with Crippen LogP contribution in [0.1, 0.15) is 36.6 Å². The third-order valence-electron chi connectivity index (χ3n) is 6.85. The third-order valence-corrected chi connectivity index (χ3v) is 8.26. The molecule has 1 aliphatic rings. The molecule has 0 N–H and O–H groups in total. The number of methoxy groups -OCH3 is 1. The molecule has 0 radical (unpaired) electrons. The van der Waals surface area contributed by atoms with Crippen molar-refractivity contribution in [3.05, 3.63) is 119 Å². The van der Waals surface area contributed by atoms with Gasteiger partial charge in [-0.25, -0.2) is 9.79 Å². The van der Waals surface area contributed by atoms with Crippen molar-refractivity contribution in [3.8, 4) is 17.2 Å². The Morgan fingerprint density at radius 2 is 1.70 bits per heavy atom. The number of allylic oxidation sites excluding steroid dienone is 1. The Morgan fingerprint density at radius 1 is 1.00 bits per heavy atom. The first-order valence-electron chi connectivity index (χ1n) is 13.7. The maximum absolute atomic E-state index is 13.9. The van der Waals surface area contributed by atoms with Crippen LogP contribution in [-0.4, -0.2) is 37.5 Å². The Labute approximate surface area is 258 Å². The lowest BCUT2D eigenvalue weighted by molar-refractivity contribution is -0.139. The second-order valence-electron chi connectivity index (χ2n) is 9.76. The fourth-order valence-electron chi connectivity index (χ4n) is 4.76. The molecule has 0 bridgehead atoms. The van der Waals surface area contributed by atoms with Gasteiger partial charge in [0, 0.05) is 5.02 Å². The molecule has 1 unspecified atom stereocenters. The summed E-state index contributed by atoms with van der Waals surface area (Å²) in [5, 5.41) is 0.693. The van der Waals surface area contributed by atoms with Gasteiger partial charge in [0.05, 0.1) is 35.6 Å². The van der Waals surface area contributed by atoms with Gasteiger partial charge in [0.2, 0.25) is 0 Å². The van der Waals surface area contributed by atoms with E-state index in [1.54, 1.807) is 49.8 Å². The molecule has 0 amide bonds. The molecule has 1 aromatic heterocycles. The van der Waals surface area contributed by atoms with Crippen molar-refractivity contribution in [3.63, 3.8) is 0 Å². The number of carbonyl (C=O) groups excluding carboxylic acids is 1. The predicted molar refractivity (Wildman–Crippen MR) is 167 cm³/mol. The summed E-state index contributed by atoms with van der Waals surface area (Å²) in [5.41, 5.74) is 3.07. The molecule has 0 aliphatic carbocycles. The van der Waals surface area contributed by atoms with E-state index < -0.39 is 12.0 Å². The normalized spacial score (nSPS) is 14.6. The molecule has 222 valence electrons. The summed E-state index contributed by atoms with van der Waals surface area (Å²) in [6.45, 7) is 6.34. The molecule has 0 fully saturated rings. The quantitative estimate of drug-likeness (QED) is 0.179. The Balaban J connectivity index is 1.42. The molecular formula is C33H31ClN2O6S. The minimum Gasteiger partial charge on any atom is -0.497 e. The van der Waals surface area contributed by atoms with Gasteiger partial charge in [-0.2, -0.15) is 0 Å². The lowest BCUT2D eigenvalue weighted by Crippen LogP contribution is -2.39. The molecule has 4 aromatic rings. The maximum Gasteiger partial charge on any atom is 0.338 e. The molecule has 10 heteroatoms. The van der Waals surface area contributed by atoms with Crippen molar-refractivity contribution in [2.45, 2.75) is 26.8 Å². The van der Waals surface area contributed by atoms with Crippen LogP contribution in [0, 0.1) is 6.92 Å². The molecule has 0 saturated heterocycles. The van der Waals surface area contributed by atoms with E-state index in [9.17, 15) is 9.59 Å². The molecule has 2 heterocycles. The highest BCUT2D eigenvalue weighted by Crippen LogP contribution is 2.31. The summed E-state index contributed by atoms with van der Waals surface area (Å²) in [6.07, 6.45) is 1.80. The van der Waals surface area contributed by atoms with Gasteiger partial charge in [-0.05, 0) is 86.0 Å². The van der Waals surface area contributed by atoms with Gasteiger partial charge >= 0.3 is 5.97 Å². The smallest absolute Gasteiger partial charge is 0.338 e. The SMILES string of the molecule is CCOC(=O)C1=C(C)N=c2s/c(=C/c3cccc(OCCOc4ccc(Cl)c(C)c4)c3)c(=O)n2C1c1ccc(OC)cc1. The largest absolute Gasteiger partial charge is 0.497 e. The van der Waals surface area contributed by atoms with E-state index in [1.165, 1.54) is 11.3 Å². The molecular weight excluding hydrogens is 588 g/mol.